The molecule has 3 aromatic rings. The third-order valence-electron chi connectivity index (χ3n) is 8.89. The summed E-state index contributed by atoms with van der Waals surface area (Å²) in [7, 11) is 0. The second-order valence-electron chi connectivity index (χ2n) is 15.1. The molecule has 0 saturated carbocycles. The molecule has 0 spiro atoms. The van der Waals surface area contributed by atoms with E-state index in [9.17, 15) is 0 Å². The Balaban J connectivity index is 0.00000242. The molecule has 0 saturated heterocycles. The summed E-state index contributed by atoms with van der Waals surface area (Å²) >= 11 is -2.42. The van der Waals surface area contributed by atoms with Crippen molar-refractivity contribution in [3.05, 3.63) is 116 Å². The summed E-state index contributed by atoms with van der Waals surface area (Å²) in [5, 5.41) is 0. The molecular weight excluding hydrogens is 631 g/mol. The van der Waals surface area contributed by atoms with Crippen molar-refractivity contribution >= 4 is 3.71 Å². The number of benzene rings is 3. The topological polar surface area (TPSA) is 0 Å². The molecular formula is C39H48Cl2Zr. The first-order valence-electron chi connectivity index (χ1n) is 15.1. The van der Waals surface area contributed by atoms with Gasteiger partial charge in [0.25, 0.3) is 0 Å². The summed E-state index contributed by atoms with van der Waals surface area (Å²) in [6, 6.07) is 25.9. The fraction of sp³-hybridized carbons (Fsp3) is 0.410. The Bertz CT molecular complexity index is 1460. The van der Waals surface area contributed by atoms with Crippen LogP contribution < -0.4 is 24.8 Å². The van der Waals surface area contributed by atoms with Gasteiger partial charge in [0.1, 0.15) is 0 Å². The SMILES string of the molecule is CC1C=C(C(C)(C)C)C=[C]1/[Zr+2](=[CH]/Cc1ccccc1)[CH]1c2cc(C(C)(C)C)ccc2-c2ccc(C(C)(C)C)cc21.[Cl-].[Cl-]. The zero-order valence-electron chi connectivity index (χ0n) is 27.2. The minimum absolute atomic E-state index is 0. The molecule has 0 amide bonds. The molecule has 0 radical (unpaired) electrons. The van der Waals surface area contributed by atoms with E-state index in [-0.39, 0.29) is 41.1 Å². The Kier molecular flexibility index (Phi) is 10.7. The van der Waals surface area contributed by atoms with Crippen molar-refractivity contribution in [2.24, 2.45) is 11.3 Å². The Morgan fingerprint density at radius 2 is 1.17 bits per heavy atom. The molecule has 5 rings (SSSR count). The van der Waals surface area contributed by atoms with Crippen molar-refractivity contribution in [1.82, 2.24) is 0 Å². The van der Waals surface area contributed by atoms with Crippen LogP contribution in [-0.2, 0) is 38.5 Å². The minimum Gasteiger partial charge on any atom is -1.00 e. The maximum absolute atomic E-state index is 2.83. The monoisotopic (exact) mass is 676 g/mol. The van der Waals surface area contributed by atoms with Crippen LogP contribution in [-0.4, -0.2) is 3.71 Å². The van der Waals surface area contributed by atoms with Gasteiger partial charge in [-0.3, -0.25) is 0 Å². The standard InChI is InChI=1S/C21H25.C10H15.C8H8.2ClH.Zr/c1-20(2,3)16-7-9-18-14(12-16)11-15-13-17(21(4,5)6)8-10-19(15)18;1-8-5-6-9(7-8)10(2,3)4;1-2-8-6-4-3-5-7-8;;;/h7-13H,1-6H3;6-8H,1-4H3;1,3-7H,2H2;2*1H;/q;;;;;+2/p-2. The molecule has 0 aromatic heterocycles. The van der Waals surface area contributed by atoms with Gasteiger partial charge in [0, 0.05) is 0 Å². The second-order valence-corrected chi connectivity index (χ2v) is 21.2. The number of fused-ring (bicyclic) bond motifs is 3. The molecule has 0 N–H and O–H groups in total. The summed E-state index contributed by atoms with van der Waals surface area (Å²) < 4.78 is 5.09. The quantitative estimate of drug-likeness (QED) is 0.381. The van der Waals surface area contributed by atoms with Crippen molar-refractivity contribution in [3.63, 3.8) is 0 Å². The fourth-order valence-electron chi connectivity index (χ4n) is 6.29. The average molecular weight is 679 g/mol. The maximum Gasteiger partial charge on any atom is -1.00 e. The molecule has 3 heteroatoms. The van der Waals surface area contributed by atoms with Gasteiger partial charge in [0.2, 0.25) is 0 Å². The third kappa shape index (κ3) is 7.06. The van der Waals surface area contributed by atoms with Crippen LogP contribution in [0.2, 0.25) is 0 Å². The van der Waals surface area contributed by atoms with Crippen LogP contribution in [0.4, 0.5) is 0 Å². The van der Waals surface area contributed by atoms with Gasteiger partial charge >= 0.3 is 253 Å². The van der Waals surface area contributed by atoms with E-state index in [0.29, 0.717) is 9.54 Å². The minimum atomic E-state index is -2.42. The number of hydrogen-bond acceptors (Lipinski definition) is 0. The van der Waals surface area contributed by atoms with Crippen LogP contribution in [0.1, 0.15) is 101 Å². The molecule has 0 nitrogen and oxygen atoms in total. The summed E-state index contributed by atoms with van der Waals surface area (Å²) in [6.45, 7) is 23.7. The van der Waals surface area contributed by atoms with Gasteiger partial charge in [-0.2, -0.15) is 0 Å². The van der Waals surface area contributed by atoms with Crippen molar-refractivity contribution in [3.8, 4) is 11.1 Å². The molecule has 3 aromatic carbocycles. The number of rotatable bonds is 4. The molecule has 0 bridgehead atoms. The van der Waals surface area contributed by atoms with Gasteiger partial charge in [-0.1, -0.05) is 0 Å². The predicted molar refractivity (Wildman–Crippen MR) is 172 cm³/mol. The van der Waals surface area contributed by atoms with Crippen LogP contribution in [0.15, 0.2) is 87.7 Å². The van der Waals surface area contributed by atoms with Gasteiger partial charge in [-0.15, -0.1) is 0 Å². The predicted octanol–water partition coefficient (Wildman–Crippen LogP) is 4.53. The van der Waals surface area contributed by atoms with Crippen molar-refractivity contribution in [2.45, 2.75) is 90.1 Å². The van der Waals surface area contributed by atoms with E-state index in [0.717, 1.165) is 6.42 Å². The fourth-order valence-corrected chi connectivity index (χ4v) is 14.5. The molecule has 42 heavy (non-hydrogen) atoms. The van der Waals surface area contributed by atoms with Crippen LogP contribution in [0.25, 0.3) is 11.1 Å². The summed E-state index contributed by atoms with van der Waals surface area (Å²) in [4.78, 5) is 0. The van der Waals surface area contributed by atoms with Crippen molar-refractivity contribution in [1.29, 1.82) is 0 Å². The van der Waals surface area contributed by atoms with Gasteiger partial charge in [-0.05, 0) is 0 Å². The smallest absolute Gasteiger partial charge is 1.00 e. The molecule has 2 aliphatic rings. The number of halogens is 2. The zero-order chi connectivity index (χ0) is 29.0. The zero-order valence-corrected chi connectivity index (χ0v) is 31.2. The van der Waals surface area contributed by atoms with Gasteiger partial charge < -0.3 is 24.8 Å². The van der Waals surface area contributed by atoms with E-state index in [4.69, 9.17) is 0 Å². The normalized spacial score (nSPS) is 16.7. The van der Waals surface area contributed by atoms with Gasteiger partial charge in [0.05, 0.1) is 0 Å². The van der Waals surface area contributed by atoms with E-state index >= 15 is 0 Å². The van der Waals surface area contributed by atoms with Gasteiger partial charge in [0.15, 0.2) is 0 Å². The number of allylic oxidation sites excluding steroid dienone is 4. The summed E-state index contributed by atoms with van der Waals surface area (Å²) in [6.07, 6.45) is 6.27. The van der Waals surface area contributed by atoms with E-state index < -0.39 is 21.3 Å². The molecule has 0 fully saturated rings. The number of hydrogen-bond donors (Lipinski definition) is 0. The van der Waals surface area contributed by atoms with Crippen LogP contribution in [0, 0.1) is 11.3 Å². The summed E-state index contributed by atoms with van der Waals surface area (Å²) in [5.41, 5.74) is 12.4. The maximum atomic E-state index is 2.83. The Labute approximate surface area is 276 Å². The van der Waals surface area contributed by atoms with E-state index in [1.807, 2.05) is 0 Å². The third-order valence-corrected chi connectivity index (χ3v) is 16.6. The first kappa shape index (κ1) is 35.0. The molecule has 0 heterocycles. The van der Waals surface area contributed by atoms with E-state index in [2.05, 4.69) is 152 Å². The van der Waals surface area contributed by atoms with E-state index in [1.165, 1.54) is 33.4 Å². The second kappa shape index (κ2) is 12.8. The Hall–Kier alpha value is -1.53. The van der Waals surface area contributed by atoms with Crippen molar-refractivity contribution in [2.75, 3.05) is 0 Å². The first-order chi connectivity index (χ1) is 18.6. The average Bonchev–Trinajstić information content (AvgIpc) is 3.42. The molecule has 1 atom stereocenters. The van der Waals surface area contributed by atoms with Crippen LogP contribution in [0.3, 0.4) is 0 Å². The molecule has 2 aliphatic carbocycles. The Morgan fingerprint density at radius 3 is 1.60 bits per heavy atom. The van der Waals surface area contributed by atoms with E-state index in [1.54, 1.807) is 14.4 Å². The molecule has 222 valence electrons. The largest absolute Gasteiger partial charge is 1.00 e. The summed E-state index contributed by atoms with van der Waals surface area (Å²) in [5.74, 6) is 0.514. The Morgan fingerprint density at radius 1 is 0.667 bits per heavy atom. The van der Waals surface area contributed by atoms with Crippen LogP contribution in [0.5, 0.6) is 0 Å². The van der Waals surface area contributed by atoms with Crippen LogP contribution >= 0.6 is 0 Å². The van der Waals surface area contributed by atoms with Gasteiger partial charge in [-0.25, -0.2) is 0 Å². The molecule has 1 unspecified atom stereocenters. The van der Waals surface area contributed by atoms with Crippen molar-refractivity contribution < 1.29 is 46.1 Å². The first-order valence-corrected chi connectivity index (χ1v) is 19.2. The molecule has 0 aliphatic heterocycles.